The Hall–Kier alpha value is -0.850. The average molecular weight is 311 g/mol. The summed E-state index contributed by atoms with van der Waals surface area (Å²) in [5.41, 5.74) is -0.0410. The number of hydrogen-bond donors (Lipinski definition) is 2. The molecule has 2 aliphatic heterocycles. The molecular formula is C16H33N5O. The van der Waals surface area contributed by atoms with Crippen LogP contribution < -0.4 is 10.6 Å². The normalized spacial score (nSPS) is 29.5. The molecule has 128 valence electrons. The molecule has 0 saturated carbocycles. The van der Waals surface area contributed by atoms with Crippen LogP contribution in [0.25, 0.3) is 0 Å². The molecule has 0 bridgehead atoms. The Balaban J connectivity index is 1.69. The van der Waals surface area contributed by atoms with Crippen LogP contribution in [0.15, 0.2) is 4.99 Å². The number of nitrogens with one attached hydrogen (secondary N) is 2. The van der Waals surface area contributed by atoms with E-state index in [4.69, 9.17) is 4.74 Å². The third-order valence-corrected chi connectivity index (χ3v) is 4.88. The average Bonchev–Trinajstić information content (AvgIpc) is 2.95. The maximum atomic E-state index is 5.81. The zero-order valence-electron chi connectivity index (χ0n) is 14.7. The van der Waals surface area contributed by atoms with E-state index in [1.165, 1.54) is 0 Å². The fourth-order valence-corrected chi connectivity index (χ4v) is 3.10. The molecule has 2 unspecified atom stereocenters. The van der Waals surface area contributed by atoms with Gasteiger partial charge in [0.05, 0.1) is 5.60 Å². The number of aliphatic imine (C=N–C) groups is 1. The highest BCUT2D eigenvalue weighted by molar-refractivity contribution is 5.79. The summed E-state index contributed by atoms with van der Waals surface area (Å²) >= 11 is 0. The van der Waals surface area contributed by atoms with Gasteiger partial charge >= 0.3 is 0 Å². The lowest BCUT2D eigenvalue weighted by Gasteiger charge is -2.36. The van der Waals surface area contributed by atoms with Crippen molar-refractivity contribution in [2.45, 2.75) is 38.3 Å². The Morgan fingerprint density at radius 2 is 2.00 bits per heavy atom. The zero-order chi connectivity index (χ0) is 16.0. The first-order valence-corrected chi connectivity index (χ1v) is 8.53. The van der Waals surface area contributed by atoms with Crippen molar-refractivity contribution in [3.05, 3.63) is 0 Å². The molecule has 2 saturated heterocycles. The molecular weight excluding hydrogens is 278 g/mol. The molecule has 2 atom stereocenters. The number of rotatable bonds is 5. The Bertz CT molecular complexity index is 360. The van der Waals surface area contributed by atoms with Gasteiger partial charge in [-0.2, -0.15) is 0 Å². The van der Waals surface area contributed by atoms with Crippen molar-refractivity contribution in [2.24, 2.45) is 4.99 Å². The molecule has 22 heavy (non-hydrogen) atoms. The van der Waals surface area contributed by atoms with Crippen LogP contribution in [-0.4, -0.2) is 87.4 Å². The number of ether oxygens (including phenoxy) is 1. The Morgan fingerprint density at radius 1 is 1.27 bits per heavy atom. The van der Waals surface area contributed by atoms with E-state index in [0.717, 1.165) is 64.7 Å². The predicted molar refractivity (Wildman–Crippen MR) is 91.5 cm³/mol. The molecule has 0 aromatic rings. The Labute approximate surface area is 135 Å². The van der Waals surface area contributed by atoms with Gasteiger partial charge in [-0.15, -0.1) is 0 Å². The third kappa shape index (κ3) is 5.11. The molecule has 0 aromatic heterocycles. The number of hydrogen-bond acceptors (Lipinski definition) is 4. The zero-order valence-corrected chi connectivity index (χ0v) is 14.7. The van der Waals surface area contributed by atoms with Gasteiger partial charge in [0, 0.05) is 59.0 Å². The lowest BCUT2D eigenvalue weighted by molar-refractivity contribution is 0.0242. The minimum absolute atomic E-state index is 0.0410. The van der Waals surface area contributed by atoms with E-state index in [2.05, 4.69) is 46.3 Å². The third-order valence-electron chi connectivity index (χ3n) is 4.88. The van der Waals surface area contributed by atoms with Crippen molar-refractivity contribution in [3.63, 3.8) is 0 Å². The smallest absolute Gasteiger partial charge is 0.191 e. The monoisotopic (exact) mass is 311 g/mol. The fourth-order valence-electron chi connectivity index (χ4n) is 3.10. The van der Waals surface area contributed by atoms with Crippen molar-refractivity contribution >= 4 is 5.96 Å². The van der Waals surface area contributed by atoms with Crippen molar-refractivity contribution in [3.8, 4) is 0 Å². The first kappa shape index (κ1) is 17.5. The number of nitrogens with zero attached hydrogens (tertiary/aromatic N) is 3. The minimum Gasteiger partial charge on any atom is -0.373 e. The molecule has 0 aromatic carbocycles. The highest BCUT2D eigenvalue weighted by Crippen LogP contribution is 2.23. The van der Waals surface area contributed by atoms with Crippen LogP contribution in [0.3, 0.4) is 0 Å². The second-order valence-electron chi connectivity index (χ2n) is 6.90. The van der Waals surface area contributed by atoms with Crippen LogP contribution >= 0.6 is 0 Å². The van der Waals surface area contributed by atoms with Gasteiger partial charge in [-0.3, -0.25) is 9.89 Å². The lowest BCUT2D eigenvalue weighted by Crippen LogP contribution is -2.53. The van der Waals surface area contributed by atoms with Gasteiger partial charge in [-0.1, -0.05) is 0 Å². The van der Waals surface area contributed by atoms with Gasteiger partial charge < -0.3 is 20.3 Å². The summed E-state index contributed by atoms with van der Waals surface area (Å²) < 4.78 is 5.81. The molecule has 6 heteroatoms. The summed E-state index contributed by atoms with van der Waals surface area (Å²) in [6, 6.07) is 0.519. The first-order valence-electron chi connectivity index (χ1n) is 8.53. The Kier molecular flexibility index (Phi) is 6.47. The minimum atomic E-state index is -0.0410. The van der Waals surface area contributed by atoms with Gasteiger partial charge in [0.15, 0.2) is 5.96 Å². The van der Waals surface area contributed by atoms with Crippen LogP contribution in [-0.2, 0) is 4.74 Å². The van der Waals surface area contributed by atoms with E-state index < -0.39 is 0 Å². The molecule has 2 aliphatic rings. The maximum absolute atomic E-state index is 5.81. The van der Waals surface area contributed by atoms with Crippen molar-refractivity contribution < 1.29 is 4.74 Å². The molecule has 2 rings (SSSR count). The largest absolute Gasteiger partial charge is 0.373 e. The van der Waals surface area contributed by atoms with Gasteiger partial charge in [-0.05, 0) is 33.7 Å². The van der Waals surface area contributed by atoms with E-state index in [1.54, 1.807) is 0 Å². The Morgan fingerprint density at radius 3 is 2.59 bits per heavy atom. The summed E-state index contributed by atoms with van der Waals surface area (Å²) in [6.07, 6.45) is 2.28. The topological polar surface area (TPSA) is 52.1 Å². The molecule has 0 radical (unpaired) electrons. The van der Waals surface area contributed by atoms with Crippen LogP contribution in [0.4, 0.5) is 0 Å². The van der Waals surface area contributed by atoms with Crippen LogP contribution in [0.2, 0.25) is 0 Å². The van der Waals surface area contributed by atoms with Gasteiger partial charge in [0.1, 0.15) is 0 Å². The summed E-state index contributed by atoms with van der Waals surface area (Å²) in [7, 11) is 4.02. The van der Waals surface area contributed by atoms with Gasteiger partial charge in [0.2, 0.25) is 0 Å². The van der Waals surface area contributed by atoms with Gasteiger partial charge in [0.25, 0.3) is 0 Å². The quantitative estimate of drug-likeness (QED) is 0.567. The number of likely N-dealkylation sites (N-methyl/N-ethyl adjacent to an activating group) is 1. The highest BCUT2D eigenvalue weighted by Gasteiger charge is 2.29. The fraction of sp³-hybridized carbons (Fsp3) is 0.938. The van der Waals surface area contributed by atoms with E-state index >= 15 is 0 Å². The van der Waals surface area contributed by atoms with E-state index in [0.29, 0.717) is 6.04 Å². The first-order chi connectivity index (χ1) is 10.5. The second kappa shape index (κ2) is 8.13. The standard InChI is InChI=1S/C16H33N5O/c1-14(21-9-7-20(4)8-10-21)12-18-15(17-3)19-13-16(2)6-5-11-22-16/h14H,5-13H2,1-4H3,(H2,17,18,19). The summed E-state index contributed by atoms with van der Waals surface area (Å²) in [4.78, 5) is 9.25. The van der Waals surface area contributed by atoms with E-state index in [1.807, 2.05) is 7.05 Å². The predicted octanol–water partition coefficient (Wildman–Crippen LogP) is 0.356. The number of guanidine groups is 1. The van der Waals surface area contributed by atoms with Crippen molar-refractivity contribution in [1.82, 2.24) is 20.4 Å². The van der Waals surface area contributed by atoms with Crippen LogP contribution in [0.5, 0.6) is 0 Å². The highest BCUT2D eigenvalue weighted by atomic mass is 16.5. The lowest BCUT2D eigenvalue weighted by atomic mass is 10.0. The van der Waals surface area contributed by atoms with E-state index in [9.17, 15) is 0 Å². The van der Waals surface area contributed by atoms with Crippen LogP contribution in [0.1, 0.15) is 26.7 Å². The van der Waals surface area contributed by atoms with Crippen LogP contribution in [0, 0.1) is 0 Å². The number of piperazine rings is 1. The molecule has 6 nitrogen and oxygen atoms in total. The maximum Gasteiger partial charge on any atom is 0.191 e. The summed E-state index contributed by atoms with van der Waals surface area (Å²) in [5, 5.41) is 6.85. The SMILES string of the molecule is CN=C(NCC(C)N1CCN(C)CC1)NCC1(C)CCCO1. The second-order valence-corrected chi connectivity index (χ2v) is 6.90. The molecule has 0 aliphatic carbocycles. The summed E-state index contributed by atoms with van der Waals surface area (Å²) in [6.45, 7) is 11.7. The van der Waals surface area contributed by atoms with Crippen molar-refractivity contribution in [1.29, 1.82) is 0 Å². The molecule has 0 spiro atoms. The van der Waals surface area contributed by atoms with Gasteiger partial charge in [-0.25, -0.2) is 0 Å². The molecule has 2 fully saturated rings. The van der Waals surface area contributed by atoms with Crippen molar-refractivity contribution in [2.75, 3.05) is 60.0 Å². The molecule has 2 heterocycles. The van der Waals surface area contributed by atoms with E-state index in [-0.39, 0.29) is 5.60 Å². The molecule has 0 amide bonds. The molecule has 2 N–H and O–H groups in total. The summed E-state index contributed by atoms with van der Waals surface area (Å²) in [5.74, 6) is 0.873.